The summed E-state index contributed by atoms with van der Waals surface area (Å²) in [6.07, 6.45) is 1.99. The number of nitrogens with one attached hydrogen (secondary N) is 1. The zero-order chi connectivity index (χ0) is 16.1. The highest BCUT2D eigenvalue weighted by molar-refractivity contribution is 6.42. The SMILES string of the molecule is CN1C=c2ccccc2=C2NN(c3ccc(Cl)c(Cl)c3)C(O)=C21. The van der Waals surface area contributed by atoms with Crippen molar-refractivity contribution in [3.63, 3.8) is 0 Å². The van der Waals surface area contributed by atoms with Gasteiger partial charge in [-0.05, 0) is 18.2 Å². The van der Waals surface area contributed by atoms with Crippen molar-refractivity contribution in [1.82, 2.24) is 10.3 Å². The van der Waals surface area contributed by atoms with Gasteiger partial charge in [0.1, 0.15) is 5.70 Å². The van der Waals surface area contributed by atoms with E-state index in [0.29, 0.717) is 15.7 Å². The number of rotatable bonds is 1. The molecule has 2 aromatic carbocycles. The van der Waals surface area contributed by atoms with E-state index in [4.69, 9.17) is 23.2 Å². The molecule has 2 aliphatic heterocycles. The molecule has 2 aromatic rings. The zero-order valence-corrected chi connectivity index (χ0v) is 13.7. The zero-order valence-electron chi connectivity index (χ0n) is 12.2. The number of aliphatic hydroxyl groups is 1. The molecular weight excluding hydrogens is 333 g/mol. The number of halogens is 2. The van der Waals surface area contributed by atoms with Crippen molar-refractivity contribution in [2.45, 2.75) is 0 Å². The summed E-state index contributed by atoms with van der Waals surface area (Å²) < 4.78 is 0. The molecular formula is C17H13Cl2N3O. The van der Waals surface area contributed by atoms with Crippen molar-refractivity contribution in [3.05, 3.63) is 74.5 Å². The molecule has 4 rings (SSSR count). The number of benzene rings is 2. The summed E-state index contributed by atoms with van der Waals surface area (Å²) in [4.78, 5) is 1.90. The second kappa shape index (κ2) is 5.11. The molecule has 0 saturated carbocycles. The van der Waals surface area contributed by atoms with Crippen LogP contribution in [0.3, 0.4) is 0 Å². The van der Waals surface area contributed by atoms with Gasteiger partial charge in [0, 0.05) is 23.7 Å². The summed E-state index contributed by atoms with van der Waals surface area (Å²) in [5, 5.41) is 15.3. The first-order chi connectivity index (χ1) is 11.1. The highest BCUT2D eigenvalue weighted by Crippen LogP contribution is 2.33. The third-order valence-corrected chi connectivity index (χ3v) is 4.70. The van der Waals surface area contributed by atoms with Crippen LogP contribution >= 0.6 is 23.2 Å². The van der Waals surface area contributed by atoms with E-state index < -0.39 is 0 Å². The molecule has 2 aliphatic rings. The number of likely N-dealkylation sites (N-methyl/N-ethyl adjacent to an activating group) is 1. The van der Waals surface area contributed by atoms with Crippen LogP contribution in [0.25, 0.3) is 11.9 Å². The fraction of sp³-hybridized carbons (Fsp3) is 0.0588. The fourth-order valence-corrected chi connectivity index (χ4v) is 3.17. The average molecular weight is 346 g/mol. The lowest BCUT2D eigenvalue weighted by Gasteiger charge is -2.20. The Hall–Kier alpha value is -2.30. The van der Waals surface area contributed by atoms with Gasteiger partial charge < -0.3 is 10.0 Å². The predicted octanol–water partition coefficient (Wildman–Crippen LogP) is 2.54. The third-order valence-electron chi connectivity index (χ3n) is 3.96. The third kappa shape index (κ3) is 2.14. The maximum Gasteiger partial charge on any atom is 0.237 e. The van der Waals surface area contributed by atoms with Crippen molar-refractivity contribution < 1.29 is 5.11 Å². The minimum absolute atomic E-state index is 0.117. The summed E-state index contributed by atoms with van der Waals surface area (Å²) in [5.41, 5.74) is 5.53. The van der Waals surface area contributed by atoms with Crippen LogP contribution in [0.2, 0.25) is 10.0 Å². The molecule has 0 radical (unpaired) electrons. The molecule has 0 fully saturated rings. The van der Waals surface area contributed by atoms with Crippen molar-refractivity contribution in [3.8, 4) is 0 Å². The number of anilines is 1. The average Bonchev–Trinajstić information content (AvgIpc) is 2.89. The molecule has 0 bridgehead atoms. The Balaban J connectivity index is 1.90. The highest BCUT2D eigenvalue weighted by atomic mass is 35.5. The Bertz CT molecular complexity index is 968. The lowest BCUT2D eigenvalue weighted by atomic mass is 10.1. The normalized spacial score (nSPS) is 16.0. The number of nitrogens with zero attached hydrogens (tertiary/aromatic N) is 2. The number of aliphatic hydroxyl groups excluding tert-OH is 1. The molecule has 0 saturated heterocycles. The topological polar surface area (TPSA) is 38.7 Å². The van der Waals surface area contributed by atoms with Gasteiger partial charge in [-0.15, -0.1) is 0 Å². The Morgan fingerprint density at radius 1 is 1.04 bits per heavy atom. The van der Waals surface area contributed by atoms with E-state index in [2.05, 4.69) is 5.43 Å². The molecule has 0 unspecified atom stereocenters. The predicted molar refractivity (Wildman–Crippen MR) is 93.1 cm³/mol. The molecule has 23 heavy (non-hydrogen) atoms. The summed E-state index contributed by atoms with van der Waals surface area (Å²) in [7, 11) is 1.90. The quantitative estimate of drug-likeness (QED) is 0.833. The Labute approximate surface area is 143 Å². The van der Waals surface area contributed by atoms with Crippen molar-refractivity contribution in [1.29, 1.82) is 0 Å². The Kier molecular flexibility index (Phi) is 3.18. The minimum Gasteiger partial charge on any atom is -0.492 e. The highest BCUT2D eigenvalue weighted by Gasteiger charge is 2.32. The van der Waals surface area contributed by atoms with E-state index in [1.807, 2.05) is 42.4 Å². The fourth-order valence-electron chi connectivity index (χ4n) is 2.88. The van der Waals surface area contributed by atoms with Gasteiger partial charge in [0.2, 0.25) is 5.88 Å². The number of hydrogen-bond donors (Lipinski definition) is 2. The molecule has 4 nitrogen and oxygen atoms in total. The van der Waals surface area contributed by atoms with Crippen LogP contribution in [0.5, 0.6) is 0 Å². The first-order valence-corrected chi connectivity index (χ1v) is 7.81. The van der Waals surface area contributed by atoms with Gasteiger partial charge in [-0.1, -0.05) is 47.5 Å². The van der Waals surface area contributed by atoms with Crippen molar-refractivity contribution in [2.75, 3.05) is 12.1 Å². The van der Waals surface area contributed by atoms with Gasteiger partial charge in [-0.3, -0.25) is 5.43 Å². The Morgan fingerprint density at radius 3 is 2.61 bits per heavy atom. The van der Waals surface area contributed by atoms with E-state index in [1.165, 1.54) is 0 Å². The molecule has 0 amide bonds. The van der Waals surface area contributed by atoms with Gasteiger partial charge >= 0.3 is 0 Å². The number of fused-ring (bicyclic) bond motifs is 2. The molecule has 2 heterocycles. The molecule has 2 N–H and O–H groups in total. The van der Waals surface area contributed by atoms with Gasteiger partial charge in [-0.2, -0.15) is 0 Å². The number of hydrazine groups is 1. The van der Waals surface area contributed by atoms with Crippen LogP contribution in [-0.2, 0) is 0 Å². The maximum absolute atomic E-state index is 10.7. The smallest absolute Gasteiger partial charge is 0.237 e. The van der Waals surface area contributed by atoms with Crippen LogP contribution in [0.15, 0.2) is 54.0 Å². The molecule has 6 heteroatoms. The van der Waals surface area contributed by atoms with E-state index in [0.717, 1.165) is 21.8 Å². The molecule has 0 aliphatic carbocycles. The minimum atomic E-state index is 0.117. The van der Waals surface area contributed by atoms with Gasteiger partial charge in [-0.25, -0.2) is 5.01 Å². The van der Waals surface area contributed by atoms with Crippen molar-refractivity contribution in [2.24, 2.45) is 0 Å². The lowest BCUT2D eigenvalue weighted by Crippen LogP contribution is -2.40. The first kappa shape index (κ1) is 14.3. The maximum atomic E-state index is 10.7. The molecule has 116 valence electrons. The summed E-state index contributed by atoms with van der Waals surface area (Å²) in [5.74, 6) is 0.117. The van der Waals surface area contributed by atoms with Crippen LogP contribution in [0, 0.1) is 0 Å². The second-order valence-corrected chi connectivity index (χ2v) is 6.23. The van der Waals surface area contributed by atoms with E-state index in [9.17, 15) is 5.11 Å². The largest absolute Gasteiger partial charge is 0.492 e. The van der Waals surface area contributed by atoms with Crippen LogP contribution in [-0.4, -0.2) is 17.1 Å². The monoisotopic (exact) mass is 345 g/mol. The van der Waals surface area contributed by atoms with E-state index >= 15 is 0 Å². The standard InChI is InChI=1S/C17H13Cl2N3O/c1-21-9-10-4-2-3-5-12(10)15-16(21)17(23)22(20-15)11-6-7-13(18)14(19)8-11/h2-9,20,23H,1H3. The van der Waals surface area contributed by atoms with Crippen molar-refractivity contribution >= 4 is 40.8 Å². The Morgan fingerprint density at radius 2 is 1.83 bits per heavy atom. The van der Waals surface area contributed by atoms with Crippen LogP contribution in [0.4, 0.5) is 5.69 Å². The lowest BCUT2D eigenvalue weighted by molar-refractivity contribution is 0.376. The van der Waals surface area contributed by atoms with E-state index in [1.54, 1.807) is 23.2 Å². The summed E-state index contributed by atoms with van der Waals surface area (Å²) >= 11 is 12.1. The summed E-state index contributed by atoms with van der Waals surface area (Å²) in [6.45, 7) is 0. The number of hydrogen-bond acceptors (Lipinski definition) is 4. The molecule has 0 spiro atoms. The van der Waals surface area contributed by atoms with Crippen LogP contribution < -0.4 is 20.9 Å². The van der Waals surface area contributed by atoms with Crippen LogP contribution in [0.1, 0.15) is 0 Å². The van der Waals surface area contributed by atoms with E-state index in [-0.39, 0.29) is 5.88 Å². The summed E-state index contributed by atoms with van der Waals surface area (Å²) in [6, 6.07) is 13.2. The van der Waals surface area contributed by atoms with Gasteiger partial charge in [0.15, 0.2) is 0 Å². The molecule has 0 atom stereocenters. The molecule has 0 aromatic heterocycles. The van der Waals surface area contributed by atoms with Gasteiger partial charge in [0.05, 0.1) is 21.4 Å². The first-order valence-electron chi connectivity index (χ1n) is 7.06. The van der Waals surface area contributed by atoms with Gasteiger partial charge in [0.25, 0.3) is 0 Å². The second-order valence-electron chi connectivity index (χ2n) is 5.42.